The topological polar surface area (TPSA) is 49.1 Å². The molecule has 1 aliphatic rings. The number of benzene rings is 1. The maximum atomic E-state index is 9.30. The van der Waals surface area contributed by atoms with Gasteiger partial charge in [-0.25, -0.2) is 4.98 Å². The summed E-state index contributed by atoms with van der Waals surface area (Å²) in [5.74, 6) is 0.867. The van der Waals surface area contributed by atoms with Crippen LogP contribution in [0, 0.1) is 11.3 Å². The number of nitrogens with zero attached hydrogens (tertiary/aromatic N) is 3. The Balaban J connectivity index is 2.12. The Hall–Kier alpha value is -2.12. The van der Waals surface area contributed by atoms with Crippen LogP contribution in [0.15, 0.2) is 30.3 Å². The van der Waals surface area contributed by atoms with Crippen molar-refractivity contribution < 1.29 is 4.74 Å². The molecule has 1 unspecified atom stereocenters. The number of morpholine rings is 1. The number of nitriles is 1. The number of para-hydroxylation sites is 1. The molecule has 4 heteroatoms. The number of anilines is 1. The molecule has 0 saturated carbocycles. The zero-order valence-electron chi connectivity index (χ0n) is 10.8. The molecular weight excluding hydrogens is 238 g/mol. The molecule has 96 valence electrons. The summed E-state index contributed by atoms with van der Waals surface area (Å²) < 4.78 is 5.44. The lowest BCUT2D eigenvalue weighted by atomic mass is 10.1. The molecule has 1 aliphatic heterocycles. The summed E-state index contributed by atoms with van der Waals surface area (Å²) in [6.45, 7) is 4.34. The lowest BCUT2D eigenvalue weighted by Crippen LogP contribution is -2.44. The number of aromatic nitrogens is 1. The highest BCUT2D eigenvalue weighted by molar-refractivity contribution is 5.86. The summed E-state index contributed by atoms with van der Waals surface area (Å²) in [5, 5.41) is 10.2. The van der Waals surface area contributed by atoms with Crippen LogP contribution in [0.25, 0.3) is 10.9 Å². The van der Waals surface area contributed by atoms with Crippen LogP contribution in [-0.2, 0) is 4.74 Å². The molecule has 1 aromatic carbocycles. The minimum Gasteiger partial charge on any atom is -0.377 e. The van der Waals surface area contributed by atoms with Crippen LogP contribution in [0.4, 0.5) is 5.82 Å². The summed E-state index contributed by atoms with van der Waals surface area (Å²) >= 11 is 0. The molecular formula is C15H15N3O. The monoisotopic (exact) mass is 253 g/mol. The standard InChI is InChI=1S/C15H15N3O/c1-11-10-19-7-6-18(11)15-8-12(9-16)13-4-2-3-5-14(13)17-15/h2-5,8,11H,6-7,10H2,1H3. The molecule has 3 rings (SSSR count). The van der Waals surface area contributed by atoms with E-state index in [-0.39, 0.29) is 6.04 Å². The average molecular weight is 253 g/mol. The first-order valence-electron chi connectivity index (χ1n) is 6.44. The van der Waals surface area contributed by atoms with Gasteiger partial charge in [-0.3, -0.25) is 0 Å². The number of pyridine rings is 1. The maximum Gasteiger partial charge on any atom is 0.130 e. The number of rotatable bonds is 1. The van der Waals surface area contributed by atoms with Gasteiger partial charge in [0.15, 0.2) is 0 Å². The Bertz CT molecular complexity index is 647. The summed E-state index contributed by atoms with van der Waals surface area (Å²) in [5.41, 5.74) is 1.55. The van der Waals surface area contributed by atoms with E-state index in [1.807, 2.05) is 30.3 Å². The Kier molecular flexibility index (Phi) is 3.06. The van der Waals surface area contributed by atoms with Crippen molar-refractivity contribution in [3.05, 3.63) is 35.9 Å². The molecule has 0 bridgehead atoms. The van der Waals surface area contributed by atoms with E-state index in [9.17, 15) is 5.26 Å². The first-order valence-corrected chi connectivity index (χ1v) is 6.44. The Morgan fingerprint density at radius 1 is 1.42 bits per heavy atom. The number of hydrogen-bond acceptors (Lipinski definition) is 4. The lowest BCUT2D eigenvalue weighted by Gasteiger charge is -2.34. The summed E-state index contributed by atoms with van der Waals surface area (Å²) in [6, 6.07) is 12.2. The highest BCUT2D eigenvalue weighted by atomic mass is 16.5. The van der Waals surface area contributed by atoms with E-state index in [1.54, 1.807) is 0 Å². The van der Waals surface area contributed by atoms with Crippen molar-refractivity contribution in [2.45, 2.75) is 13.0 Å². The van der Waals surface area contributed by atoms with Crippen LogP contribution in [0.2, 0.25) is 0 Å². The average Bonchev–Trinajstić information content (AvgIpc) is 2.46. The van der Waals surface area contributed by atoms with Crippen LogP contribution in [0.1, 0.15) is 12.5 Å². The van der Waals surface area contributed by atoms with Gasteiger partial charge in [0, 0.05) is 11.9 Å². The quantitative estimate of drug-likeness (QED) is 0.782. The van der Waals surface area contributed by atoms with Gasteiger partial charge in [-0.05, 0) is 19.1 Å². The number of ether oxygens (including phenoxy) is 1. The zero-order chi connectivity index (χ0) is 13.2. The largest absolute Gasteiger partial charge is 0.377 e. The molecule has 0 N–H and O–H groups in total. The lowest BCUT2D eigenvalue weighted by molar-refractivity contribution is 0.0985. The van der Waals surface area contributed by atoms with Crippen molar-refractivity contribution >= 4 is 16.7 Å². The van der Waals surface area contributed by atoms with Crippen molar-refractivity contribution in [1.82, 2.24) is 4.98 Å². The summed E-state index contributed by atoms with van der Waals surface area (Å²) in [4.78, 5) is 6.88. The molecule has 1 atom stereocenters. The Morgan fingerprint density at radius 2 is 2.26 bits per heavy atom. The van der Waals surface area contributed by atoms with E-state index in [1.165, 1.54) is 0 Å². The summed E-state index contributed by atoms with van der Waals surface area (Å²) in [6.07, 6.45) is 0. The second-order valence-corrected chi connectivity index (χ2v) is 4.77. The van der Waals surface area contributed by atoms with Crippen LogP contribution in [-0.4, -0.2) is 30.8 Å². The highest BCUT2D eigenvalue weighted by Crippen LogP contribution is 2.24. The number of hydrogen-bond donors (Lipinski definition) is 0. The first-order chi connectivity index (χ1) is 9.29. The van der Waals surface area contributed by atoms with Crippen LogP contribution >= 0.6 is 0 Å². The summed E-state index contributed by atoms with van der Waals surface area (Å²) in [7, 11) is 0. The third-order valence-corrected chi connectivity index (χ3v) is 3.49. The van der Waals surface area contributed by atoms with Gasteiger partial charge in [-0.15, -0.1) is 0 Å². The van der Waals surface area contributed by atoms with Gasteiger partial charge in [0.05, 0.1) is 36.4 Å². The van der Waals surface area contributed by atoms with E-state index in [0.29, 0.717) is 18.8 Å². The molecule has 2 heterocycles. The highest BCUT2D eigenvalue weighted by Gasteiger charge is 2.21. The number of fused-ring (bicyclic) bond motifs is 1. The van der Waals surface area contributed by atoms with Crippen molar-refractivity contribution in [2.75, 3.05) is 24.7 Å². The second-order valence-electron chi connectivity index (χ2n) is 4.77. The molecule has 0 radical (unpaired) electrons. The molecule has 1 fully saturated rings. The maximum absolute atomic E-state index is 9.30. The van der Waals surface area contributed by atoms with Gasteiger partial charge in [0.25, 0.3) is 0 Å². The van der Waals surface area contributed by atoms with Crippen molar-refractivity contribution in [2.24, 2.45) is 0 Å². The molecule has 19 heavy (non-hydrogen) atoms. The van der Waals surface area contributed by atoms with E-state index < -0.39 is 0 Å². The molecule has 0 amide bonds. The van der Waals surface area contributed by atoms with Crippen LogP contribution in [0.5, 0.6) is 0 Å². The molecule has 2 aromatic rings. The first kappa shape index (κ1) is 11.9. The van der Waals surface area contributed by atoms with Gasteiger partial charge in [0.2, 0.25) is 0 Å². The van der Waals surface area contributed by atoms with Crippen molar-refractivity contribution in [3.8, 4) is 6.07 Å². The molecule has 1 aromatic heterocycles. The van der Waals surface area contributed by atoms with Crippen LogP contribution in [0.3, 0.4) is 0 Å². The normalized spacial score (nSPS) is 19.4. The Morgan fingerprint density at radius 3 is 3.05 bits per heavy atom. The minimum atomic E-state index is 0.286. The SMILES string of the molecule is CC1COCCN1c1cc(C#N)c2ccccc2n1. The van der Waals surface area contributed by atoms with Crippen molar-refractivity contribution in [3.63, 3.8) is 0 Å². The zero-order valence-corrected chi connectivity index (χ0v) is 10.8. The van der Waals surface area contributed by atoms with Crippen LogP contribution < -0.4 is 4.90 Å². The van der Waals surface area contributed by atoms with Crippen molar-refractivity contribution in [1.29, 1.82) is 5.26 Å². The molecule has 0 spiro atoms. The van der Waals surface area contributed by atoms with Gasteiger partial charge in [-0.1, -0.05) is 18.2 Å². The molecule has 1 saturated heterocycles. The van der Waals surface area contributed by atoms with Gasteiger partial charge >= 0.3 is 0 Å². The third kappa shape index (κ3) is 2.13. The van der Waals surface area contributed by atoms with E-state index in [2.05, 4.69) is 22.9 Å². The van der Waals surface area contributed by atoms with E-state index in [4.69, 9.17) is 4.74 Å². The predicted octanol–water partition coefficient (Wildman–Crippen LogP) is 2.33. The van der Waals surface area contributed by atoms with Gasteiger partial charge in [-0.2, -0.15) is 5.26 Å². The second kappa shape index (κ2) is 4.87. The fourth-order valence-electron chi connectivity index (χ4n) is 2.47. The van der Waals surface area contributed by atoms with Gasteiger partial charge < -0.3 is 9.64 Å². The smallest absolute Gasteiger partial charge is 0.130 e. The van der Waals surface area contributed by atoms with E-state index in [0.717, 1.165) is 23.3 Å². The fourth-order valence-corrected chi connectivity index (χ4v) is 2.47. The fraction of sp³-hybridized carbons (Fsp3) is 0.333. The third-order valence-electron chi connectivity index (χ3n) is 3.49. The predicted molar refractivity (Wildman–Crippen MR) is 74.1 cm³/mol. The Labute approximate surface area is 112 Å². The van der Waals surface area contributed by atoms with Gasteiger partial charge in [0.1, 0.15) is 5.82 Å². The molecule has 0 aliphatic carbocycles. The van der Waals surface area contributed by atoms with E-state index >= 15 is 0 Å². The molecule has 4 nitrogen and oxygen atoms in total. The minimum absolute atomic E-state index is 0.286.